The van der Waals surface area contributed by atoms with E-state index in [9.17, 15) is 0 Å². The number of nitrogens with two attached hydrogens (primary N) is 1. The highest BCUT2D eigenvalue weighted by Crippen LogP contribution is 2.19. The summed E-state index contributed by atoms with van der Waals surface area (Å²) in [5, 5.41) is 0.761. The Bertz CT molecular complexity index is 352. The van der Waals surface area contributed by atoms with Gasteiger partial charge in [0.05, 0.1) is 0 Å². The van der Waals surface area contributed by atoms with E-state index in [1.54, 1.807) is 0 Å². The number of rotatable bonds is 7. The van der Waals surface area contributed by atoms with Crippen LogP contribution in [0.2, 0.25) is 5.02 Å². The Morgan fingerprint density at radius 3 is 2.56 bits per heavy atom. The van der Waals surface area contributed by atoms with Gasteiger partial charge in [-0.2, -0.15) is 0 Å². The maximum atomic E-state index is 6.22. The molecule has 1 rings (SSSR count). The third-order valence-corrected chi connectivity index (χ3v) is 3.48. The van der Waals surface area contributed by atoms with Crippen LogP contribution < -0.4 is 5.73 Å². The van der Waals surface area contributed by atoms with Crippen molar-refractivity contribution >= 4 is 11.6 Å². The summed E-state index contributed by atoms with van der Waals surface area (Å²) in [4.78, 5) is 2.48. The second-order valence-corrected chi connectivity index (χ2v) is 5.52. The number of hydrogen-bond acceptors (Lipinski definition) is 2. The number of halogens is 1. The molecule has 0 saturated carbocycles. The molecular formula is C15H25ClN2. The zero-order chi connectivity index (χ0) is 13.5. The summed E-state index contributed by atoms with van der Waals surface area (Å²) in [5.41, 5.74) is 7.35. The van der Waals surface area contributed by atoms with E-state index >= 15 is 0 Å². The van der Waals surface area contributed by atoms with Crippen molar-refractivity contribution in [3.63, 3.8) is 0 Å². The molecule has 0 bridgehead atoms. The second-order valence-electron chi connectivity index (χ2n) is 5.08. The molecule has 1 aromatic carbocycles. The fourth-order valence-corrected chi connectivity index (χ4v) is 2.32. The summed E-state index contributed by atoms with van der Waals surface area (Å²) in [6.07, 6.45) is 2.16. The van der Waals surface area contributed by atoms with Gasteiger partial charge in [0.2, 0.25) is 0 Å². The Kier molecular flexibility index (Phi) is 6.69. The fourth-order valence-electron chi connectivity index (χ4n) is 2.12. The summed E-state index contributed by atoms with van der Waals surface area (Å²) in [5.74, 6) is 0. The molecule has 1 atom stereocenters. The molecule has 0 aromatic heterocycles. The Balaban J connectivity index is 2.51. The Hall–Kier alpha value is -0.570. The Labute approximate surface area is 116 Å². The predicted molar refractivity (Wildman–Crippen MR) is 80.0 cm³/mol. The topological polar surface area (TPSA) is 29.3 Å². The van der Waals surface area contributed by atoms with Gasteiger partial charge in [-0.3, -0.25) is 0 Å². The molecule has 0 spiro atoms. The molecule has 0 amide bonds. The summed E-state index contributed by atoms with van der Waals surface area (Å²) < 4.78 is 0. The smallest absolute Gasteiger partial charge is 0.0409 e. The molecule has 2 N–H and O–H groups in total. The summed E-state index contributed by atoms with van der Waals surface area (Å²) in [6, 6.07) is 8.51. The first-order chi connectivity index (χ1) is 8.54. The molecule has 2 nitrogen and oxygen atoms in total. The van der Waals surface area contributed by atoms with Crippen LogP contribution in [-0.4, -0.2) is 24.0 Å². The first kappa shape index (κ1) is 15.5. The van der Waals surface area contributed by atoms with E-state index in [0.29, 0.717) is 6.04 Å². The monoisotopic (exact) mass is 268 g/mol. The van der Waals surface area contributed by atoms with Crippen LogP contribution in [0.4, 0.5) is 0 Å². The largest absolute Gasteiger partial charge is 0.324 e. The van der Waals surface area contributed by atoms with Gasteiger partial charge in [0.25, 0.3) is 0 Å². The van der Waals surface area contributed by atoms with Gasteiger partial charge in [-0.05, 0) is 50.9 Å². The van der Waals surface area contributed by atoms with Crippen molar-refractivity contribution < 1.29 is 0 Å². The third-order valence-electron chi connectivity index (χ3n) is 3.25. The molecule has 0 aliphatic carbocycles. The zero-order valence-electron chi connectivity index (χ0n) is 11.7. The second kappa shape index (κ2) is 7.78. The first-order valence-corrected chi connectivity index (χ1v) is 7.17. The number of hydrogen-bond donors (Lipinski definition) is 1. The van der Waals surface area contributed by atoms with Gasteiger partial charge in [-0.25, -0.2) is 0 Å². The van der Waals surface area contributed by atoms with Gasteiger partial charge in [0.1, 0.15) is 0 Å². The van der Waals surface area contributed by atoms with Gasteiger partial charge < -0.3 is 10.6 Å². The molecule has 0 aliphatic rings. The van der Waals surface area contributed by atoms with E-state index in [1.807, 2.05) is 18.2 Å². The Morgan fingerprint density at radius 1 is 1.28 bits per heavy atom. The van der Waals surface area contributed by atoms with Gasteiger partial charge in [0.15, 0.2) is 0 Å². The van der Waals surface area contributed by atoms with Crippen molar-refractivity contribution in [2.75, 3.05) is 13.1 Å². The quantitative estimate of drug-likeness (QED) is 0.814. The lowest BCUT2D eigenvalue weighted by Crippen LogP contribution is -2.34. The molecular weight excluding hydrogens is 244 g/mol. The van der Waals surface area contributed by atoms with Crippen molar-refractivity contribution in [1.29, 1.82) is 0 Å². The summed E-state index contributed by atoms with van der Waals surface area (Å²) >= 11 is 5.99. The van der Waals surface area contributed by atoms with E-state index in [4.69, 9.17) is 17.3 Å². The van der Waals surface area contributed by atoms with Crippen LogP contribution in [0.25, 0.3) is 0 Å². The minimum Gasteiger partial charge on any atom is -0.324 e. The van der Waals surface area contributed by atoms with Crippen LogP contribution >= 0.6 is 11.6 Å². The SMILES string of the molecule is CCCN(CCC(N)c1cccc(Cl)c1)C(C)C. The number of benzene rings is 1. The molecule has 1 aromatic rings. The van der Waals surface area contributed by atoms with Crippen LogP contribution in [0, 0.1) is 0 Å². The predicted octanol–water partition coefficient (Wildman–Crippen LogP) is 3.85. The van der Waals surface area contributed by atoms with Crippen LogP contribution in [0.5, 0.6) is 0 Å². The highest BCUT2D eigenvalue weighted by atomic mass is 35.5. The van der Waals surface area contributed by atoms with Gasteiger partial charge in [-0.15, -0.1) is 0 Å². The van der Waals surface area contributed by atoms with Crippen molar-refractivity contribution in [3.8, 4) is 0 Å². The van der Waals surface area contributed by atoms with Crippen molar-refractivity contribution in [2.45, 2.75) is 45.7 Å². The van der Waals surface area contributed by atoms with Crippen LogP contribution in [-0.2, 0) is 0 Å². The third kappa shape index (κ3) is 4.97. The van der Waals surface area contributed by atoms with E-state index in [0.717, 1.165) is 30.1 Å². The highest BCUT2D eigenvalue weighted by molar-refractivity contribution is 6.30. The van der Waals surface area contributed by atoms with Crippen molar-refractivity contribution in [1.82, 2.24) is 4.90 Å². The number of nitrogens with zero attached hydrogens (tertiary/aromatic N) is 1. The van der Waals surface area contributed by atoms with E-state index in [2.05, 4.69) is 31.7 Å². The molecule has 18 heavy (non-hydrogen) atoms. The fraction of sp³-hybridized carbons (Fsp3) is 0.600. The summed E-state index contributed by atoms with van der Waals surface area (Å²) in [6.45, 7) is 8.87. The molecule has 1 unspecified atom stereocenters. The molecule has 0 radical (unpaired) electrons. The molecule has 3 heteroatoms. The molecule has 0 aliphatic heterocycles. The Morgan fingerprint density at radius 2 is 2.00 bits per heavy atom. The summed E-state index contributed by atoms with van der Waals surface area (Å²) in [7, 11) is 0. The molecule has 0 saturated heterocycles. The van der Waals surface area contributed by atoms with Crippen LogP contribution in [0.15, 0.2) is 24.3 Å². The lowest BCUT2D eigenvalue weighted by Gasteiger charge is -2.27. The van der Waals surface area contributed by atoms with E-state index in [-0.39, 0.29) is 6.04 Å². The average Bonchev–Trinajstić information content (AvgIpc) is 2.33. The molecule has 0 heterocycles. The van der Waals surface area contributed by atoms with E-state index < -0.39 is 0 Å². The minimum atomic E-state index is 0.0711. The normalized spacial score (nSPS) is 13.3. The van der Waals surface area contributed by atoms with Crippen LogP contribution in [0.1, 0.15) is 45.2 Å². The lowest BCUT2D eigenvalue weighted by molar-refractivity contribution is 0.214. The van der Waals surface area contributed by atoms with Crippen LogP contribution in [0.3, 0.4) is 0 Å². The average molecular weight is 269 g/mol. The maximum Gasteiger partial charge on any atom is 0.0409 e. The van der Waals surface area contributed by atoms with Crippen molar-refractivity contribution in [2.24, 2.45) is 5.73 Å². The first-order valence-electron chi connectivity index (χ1n) is 6.79. The van der Waals surface area contributed by atoms with Gasteiger partial charge >= 0.3 is 0 Å². The molecule has 102 valence electrons. The van der Waals surface area contributed by atoms with Crippen molar-refractivity contribution in [3.05, 3.63) is 34.9 Å². The standard InChI is InChI=1S/C15H25ClN2/c1-4-9-18(12(2)3)10-8-15(17)13-6-5-7-14(16)11-13/h5-7,11-12,15H,4,8-10,17H2,1-3H3. The van der Waals surface area contributed by atoms with E-state index in [1.165, 1.54) is 6.42 Å². The lowest BCUT2D eigenvalue weighted by atomic mass is 10.0. The highest BCUT2D eigenvalue weighted by Gasteiger charge is 2.12. The van der Waals surface area contributed by atoms with Gasteiger partial charge in [-0.1, -0.05) is 30.7 Å². The minimum absolute atomic E-state index is 0.0711. The maximum absolute atomic E-state index is 6.22. The van der Waals surface area contributed by atoms with Gasteiger partial charge in [0, 0.05) is 23.7 Å². The zero-order valence-corrected chi connectivity index (χ0v) is 12.5. The molecule has 0 fully saturated rings.